The van der Waals surface area contributed by atoms with Crippen molar-refractivity contribution in [3.63, 3.8) is 0 Å². The molecule has 2 aromatic rings. The first-order valence-electron chi connectivity index (χ1n) is 6.68. The van der Waals surface area contributed by atoms with E-state index in [4.69, 9.17) is 4.74 Å². The summed E-state index contributed by atoms with van der Waals surface area (Å²) < 4.78 is 5.48. The minimum atomic E-state index is 0.335. The standard InChI is InChI=1S/C15H18N2OS/c1-2-16-14(8-15-17-5-6-19-15)11-3-4-12-9-18-10-13(12)7-11/h3-7,14,16H,2,8-10H2,1H3. The van der Waals surface area contributed by atoms with E-state index in [-0.39, 0.29) is 0 Å². The maximum absolute atomic E-state index is 5.48. The number of nitrogens with one attached hydrogen (secondary N) is 1. The van der Waals surface area contributed by atoms with Crippen molar-refractivity contribution in [2.24, 2.45) is 0 Å². The predicted octanol–water partition coefficient (Wildman–Crippen LogP) is 3.07. The third kappa shape index (κ3) is 2.86. The summed E-state index contributed by atoms with van der Waals surface area (Å²) in [6, 6.07) is 7.03. The maximum atomic E-state index is 5.48. The van der Waals surface area contributed by atoms with E-state index in [1.165, 1.54) is 21.7 Å². The highest BCUT2D eigenvalue weighted by Crippen LogP contribution is 2.26. The molecule has 0 saturated heterocycles. The largest absolute Gasteiger partial charge is 0.372 e. The molecule has 1 N–H and O–H groups in total. The molecule has 1 atom stereocenters. The van der Waals surface area contributed by atoms with E-state index < -0.39 is 0 Å². The Kier molecular flexibility index (Phi) is 3.92. The number of likely N-dealkylation sites (N-methyl/N-ethyl adjacent to an activating group) is 1. The van der Waals surface area contributed by atoms with Crippen molar-refractivity contribution in [2.75, 3.05) is 6.54 Å². The van der Waals surface area contributed by atoms with Crippen LogP contribution in [0.1, 0.15) is 34.7 Å². The Bertz CT molecular complexity index is 539. The second-order valence-electron chi connectivity index (χ2n) is 4.76. The molecular weight excluding hydrogens is 256 g/mol. The topological polar surface area (TPSA) is 34.2 Å². The van der Waals surface area contributed by atoms with Gasteiger partial charge in [-0.05, 0) is 23.2 Å². The number of hydrogen-bond acceptors (Lipinski definition) is 4. The van der Waals surface area contributed by atoms with Crippen LogP contribution in [-0.4, -0.2) is 11.5 Å². The fourth-order valence-electron chi connectivity index (χ4n) is 2.49. The Morgan fingerprint density at radius 2 is 2.26 bits per heavy atom. The van der Waals surface area contributed by atoms with Crippen LogP contribution in [0.4, 0.5) is 0 Å². The molecule has 0 spiro atoms. The van der Waals surface area contributed by atoms with Crippen molar-refractivity contribution < 1.29 is 4.74 Å². The lowest BCUT2D eigenvalue weighted by Crippen LogP contribution is -2.23. The summed E-state index contributed by atoms with van der Waals surface area (Å²) in [5.41, 5.74) is 3.99. The average molecular weight is 274 g/mol. The lowest BCUT2D eigenvalue weighted by atomic mass is 9.99. The van der Waals surface area contributed by atoms with E-state index >= 15 is 0 Å². The van der Waals surface area contributed by atoms with Crippen molar-refractivity contribution in [2.45, 2.75) is 32.6 Å². The molecule has 0 aliphatic carbocycles. The summed E-state index contributed by atoms with van der Waals surface area (Å²) in [7, 11) is 0. The molecule has 3 rings (SSSR count). The van der Waals surface area contributed by atoms with Crippen molar-refractivity contribution in [1.29, 1.82) is 0 Å². The van der Waals surface area contributed by atoms with Crippen molar-refractivity contribution in [1.82, 2.24) is 10.3 Å². The van der Waals surface area contributed by atoms with Gasteiger partial charge in [-0.3, -0.25) is 0 Å². The van der Waals surface area contributed by atoms with Crippen molar-refractivity contribution >= 4 is 11.3 Å². The van der Waals surface area contributed by atoms with Gasteiger partial charge in [0.05, 0.1) is 18.2 Å². The summed E-state index contributed by atoms with van der Waals surface area (Å²) in [6.45, 7) is 4.61. The van der Waals surface area contributed by atoms with Gasteiger partial charge in [0.15, 0.2) is 0 Å². The summed E-state index contributed by atoms with van der Waals surface area (Å²) in [5, 5.41) is 6.77. The molecule has 2 heterocycles. The van der Waals surface area contributed by atoms with E-state index in [0.717, 1.165) is 26.2 Å². The quantitative estimate of drug-likeness (QED) is 0.910. The third-order valence-electron chi connectivity index (χ3n) is 3.46. The van der Waals surface area contributed by atoms with Crippen LogP contribution in [0.15, 0.2) is 29.8 Å². The van der Waals surface area contributed by atoms with E-state index in [9.17, 15) is 0 Å². The second kappa shape index (κ2) is 5.82. The number of hydrogen-bond donors (Lipinski definition) is 1. The first-order valence-corrected chi connectivity index (χ1v) is 7.56. The Morgan fingerprint density at radius 1 is 1.37 bits per heavy atom. The zero-order valence-electron chi connectivity index (χ0n) is 11.1. The molecule has 1 aromatic carbocycles. The molecule has 0 radical (unpaired) electrons. The SMILES string of the molecule is CCNC(Cc1nccs1)c1ccc2c(c1)COC2. The van der Waals surface area contributed by atoms with Crippen LogP contribution in [0.3, 0.4) is 0 Å². The molecule has 0 fully saturated rings. The summed E-state index contributed by atoms with van der Waals surface area (Å²) >= 11 is 1.72. The van der Waals surface area contributed by atoms with Gasteiger partial charge in [0, 0.05) is 24.0 Å². The summed E-state index contributed by atoms with van der Waals surface area (Å²) in [6.07, 6.45) is 2.82. The molecule has 1 unspecified atom stereocenters. The Morgan fingerprint density at radius 3 is 3.05 bits per heavy atom. The highest BCUT2D eigenvalue weighted by Gasteiger charge is 2.17. The summed E-state index contributed by atoms with van der Waals surface area (Å²) in [4.78, 5) is 4.39. The lowest BCUT2D eigenvalue weighted by Gasteiger charge is -2.18. The maximum Gasteiger partial charge on any atom is 0.0943 e. The number of rotatable bonds is 5. The smallest absolute Gasteiger partial charge is 0.0943 e. The molecule has 3 nitrogen and oxygen atoms in total. The van der Waals surface area contributed by atoms with Crippen LogP contribution >= 0.6 is 11.3 Å². The van der Waals surface area contributed by atoms with Crippen molar-refractivity contribution in [3.8, 4) is 0 Å². The molecular formula is C15H18N2OS. The normalized spacial score (nSPS) is 15.4. The molecule has 1 aromatic heterocycles. The highest BCUT2D eigenvalue weighted by atomic mass is 32.1. The van der Waals surface area contributed by atoms with Gasteiger partial charge >= 0.3 is 0 Å². The Balaban J connectivity index is 1.83. The molecule has 0 saturated carbocycles. The predicted molar refractivity (Wildman–Crippen MR) is 77.2 cm³/mol. The molecule has 1 aliphatic heterocycles. The van der Waals surface area contributed by atoms with E-state index in [2.05, 4.69) is 35.4 Å². The highest BCUT2D eigenvalue weighted by molar-refractivity contribution is 7.09. The van der Waals surface area contributed by atoms with Gasteiger partial charge < -0.3 is 10.1 Å². The number of ether oxygens (including phenoxy) is 1. The van der Waals surface area contributed by atoms with Gasteiger partial charge in [-0.1, -0.05) is 25.1 Å². The van der Waals surface area contributed by atoms with Gasteiger partial charge in [0.1, 0.15) is 0 Å². The molecule has 4 heteroatoms. The monoisotopic (exact) mass is 274 g/mol. The van der Waals surface area contributed by atoms with Crippen LogP contribution in [0.2, 0.25) is 0 Å². The van der Waals surface area contributed by atoms with Crippen LogP contribution in [-0.2, 0) is 24.4 Å². The Labute approximate surface area is 117 Å². The number of fused-ring (bicyclic) bond motifs is 1. The number of thiazole rings is 1. The van der Waals surface area contributed by atoms with Gasteiger partial charge in [-0.15, -0.1) is 11.3 Å². The molecule has 0 amide bonds. The molecule has 100 valence electrons. The van der Waals surface area contributed by atoms with Gasteiger partial charge in [0.25, 0.3) is 0 Å². The fourth-order valence-corrected chi connectivity index (χ4v) is 3.15. The lowest BCUT2D eigenvalue weighted by molar-refractivity contribution is 0.134. The van der Waals surface area contributed by atoms with E-state index in [0.29, 0.717) is 6.04 Å². The van der Waals surface area contributed by atoms with Crippen LogP contribution in [0, 0.1) is 0 Å². The van der Waals surface area contributed by atoms with Gasteiger partial charge in [-0.2, -0.15) is 0 Å². The molecule has 1 aliphatic rings. The number of nitrogens with zero attached hydrogens (tertiary/aromatic N) is 1. The fraction of sp³-hybridized carbons (Fsp3) is 0.400. The summed E-state index contributed by atoms with van der Waals surface area (Å²) in [5.74, 6) is 0. The minimum Gasteiger partial charge on any atom is -0.372 e. The molecule has 0 bridgehead atoms. The second-order valence-corrected chi connectivity index (χ2v) is 5.74. The minimum absolute atomic E-state index is 0.335. The number of aromatic nitrogens is 1. The van der Waals surface area contributed by atoms with E-state index in [1.54, 1.807) is 11.3 Å². The first kappa shape index (κ1) is 12.8. The average Bonchev–Trinajstić information content (AvgIpc) is 3.08. The van der Waals surface area contributed by atoms with Gasteiger partial charge in [0.2, 0.25) is 0 Å². The van der Waals surface area contributed by atoms with Crippen LogP contribution in [0.25, 0.3) is 0 Å². The zero-order chi connectivity index (χ0) is 13.1. The van der Waals surface area contributed by atoms with Crippen LogP contribution < -0.4 is 5.32 Å². The molecule has 19 heavy (non-hydrogen) atoms. The van der Waals surface area contributed by atoms with Crippen LogP contribution in [0.5, 0.6) is 0 Å². The van der Waals surface area contributed by atoms with Crippen molar-refractivity contribution in [3.05, 3.63) is 51.5 Å². The van der Waals surface area contributed by atoms with Gasteiger partial charge in [-0.25, -0.2) is 4.98 Å². The van der Waals surface area contributed by atoms with E-state index in [1.807, 2.05) is 11.6 Å². The zero-order valence-corrected chi connectivity index (χ0v) is 11.9. The number of benzene rings is 1. The Hall–Kier alpha value is -1.23. The first-order chi connectivity index (χ1) is 9.36. The third-order valence-corrected chi connectivity index (χ3v) is 4.26.